The molecular weight excluding hydrogens is 1570 g/mol. The van der Waals surface area contributed by atoms with Crippen molar-refractivity contribution in [1.82, 2.24) is 22.8 Å². The molecule has 0 aliphatic rings. The van der Waals surface area contributed by atoms with Crippen molar-refractivity contribution >= 4 is 194 Å². The van der Waals surface area contributed by atoms with E-state index in [4.69, 9.17) is 4.42 Å². The van der Waals surface area contributed by atoms with Gasteiger partial charge in [0.15, 0.2) is 0 Å². The summed E-state index contributed by atoms with van der Waals surface area (Å²) in [5, 5.41) is 20.5. The molecule has 0 spiro atoms. The molecule has 0 N–H and O–H groups in total. The van der Waals surface area contributed by atoms with Crippen molar-refractivity contribution in [1.29, 1.82) is 0 Å². The average molecular weight is 1670 g/mol. The summed E-state index contributed by atoms with van der Waals surface area (Å²) in [6.45, 7) is 27.2. The van der Waals surface area contributed by atoms with Gasteiger partial charge in [0.2, 0.25) is 0 Å². The van der Waals surface area contributed by atoms with E-state index >= 15 is 0 Å². The quantitative estimate of drug-likeness (QED) is 0.169. The summed E-state index contributed by atoms with van der Waals surface area (Å²) in [6, 6.07) is 135. The molecule has 0 fully saturated rings. The lowest BCUT2D eigenvalue weighted by Crippen LogP contribution is -2.10. The number of benzene rings is 17. The predicted molar refractivity (Wildman–Crippen MR) is 545 cm³/mol. The first-order valence-corrected chi connectivity index (χ1v) is 45.7. The van der Waals surface area contributed by atoms with Gasteiger partial charge < -0.3 is 27.3 Å². The molecule has 0 unspecified atom stereocenters. The number of fused-ring (bicyclic) bond motifs is 26. The van der Waals surface area contributed by atoms with Gasteiger partial charge in [-0.15, -0.1) is 22.7 Å². The summed E-state index contributed by atoms with van der Waals surface area (Å²) in [4.78, 5) is 0. The molecule has 6 nitrogen and oxygen atoms in total. The molecule has 25 rings (SSSR count). The maximum Gasteiger partial charge on any atom is 0.136 e. The smallest absolute Gasteiger partial charge is 0.136 e. The number of thiophene rings is 2. The number of nitrogens with zero attached hydrogens (tertiary/aromatic N) is 5. The Labute approximate surface area is 741 Å². The highest BCUT2D eigenvalue weighted by molar-refractivity contribution is 7.27. The fourth-order valence-electron chi connectivity index (χ4n) is 19.5. The van der Waals surface area contributed by atoms with E-state index in [0.717, 1.165) is 21.9 Å². The summed E-state index contributed by atoms with van der Waals surface area (Å²) in [6.07, 6.45) is 0. The monoisotopic (exact) mass is 1660 g/mol. The van der Waals surface area contributed by atoms with Gasteiger partial charge in [-0.05, 0) is 177 Å². The molecule has 0 aliphatic heterocycles. The van der Waals surface area contributed by atoms with E-state index in [-0.39, 0.29) is 21.7 Å². The summed E-state index contributed by atoms with van der Waals surface area (Å²) in [5.41, 5.74) is 26.3. The lowest BCUT2D eigenvalue weighted by molar-refractivity contribution is 0.590. The van der Waals surface area contributed by atoms with Crippen LogP contribution in [0.4, 0.5) is 0 Å². The van der Waals surface area contributed by atoms with Crippen LogP contribution in [0.25, 0.3) is 200 Å². The zero-order valence-electron chi connectivity index (χ0n) is 73.2. The highest BCUT2D eigenvalue weighted by Gasteiger charge is 2.26. The molecule has 8 heterocycles. The lowest BCUT2D eigenvalue weighted by atomic mass is 9.87. The maximum absolute atomic E-state index is 6.17. The maximum atomic E-state index is 6.17. The van der Waals surface area contributed by atoms with E-state index in [2.05, 4.69) is 464 Å². The molecule has 612 valence electrons. The molecule has 0 bridgehead atoms. The normalized spacial score (nSPS) is 12.4. The first-order chi connectivity index (χ1) is 61.1. The zero-order chi connectivity index (χ0) is 85.8. The van der Waals surface area contributed by atoms with E-state index in [1.165, 1.54) is 200 Å². The minimum Gasteiger partial charge on any atom is -0.456 e. The molecule has 17 aromatic carbocycles. The van der Waals surface area contributed by atoms with Crippen LogP contribution in [0, 0.1) is 0 Å². The Morgan fingerprint density at radius 3 is 0.913 bits per heavy atom. The van der Waals surface area contributed by atoms with Crippen LogP contribution >= 0.6 is 22.7 Å². The lowest BCUT2D eigenvalue weighted by Gasteiger charge is -2.19. The zero-order valence-corrected chi connectivity index (χ0v) is 74.8. The van der Waals surface area contributed by atoms with Gasteiger partial charge in [0.25, 0.3) is 0 Å². The van der Waals surface area contributed by atoms with Gasteiger partial charge in [-0.25, -0.2) is 0 Å². The molecule has 0 saturated carbocycles. The van der Waals surface area contributed by atoms with Crippen LogP contribution in [0.15, 0.2) is 374 Å². The van der Waals surface area contributed by atoms with E-state index in [9.17, 15) is 0 Å². The van der Waals surface area contributed by atoms with Crippen LogP contribution in [-0.4, -0.2) is 22.8 Å². The van der Waals surface area contributed by atoms with Crippen molar-refractivity contribution in [2.75, 3.05) is 0 Å². The molecule has 126 heavy (non-hydrogen) atoms. The Kier molecular flexibility index (Phi) is 18.5. The number of hydrogen-bond acceptors (Lipinski definition) is 3. The van der Waals surface area contributed by atoms with Crippen LogP contribution in [0.5, 0.6) is 0 Å². The van der Waals surface area contributed by atoms with E-state index < -0.39 is 0 Å². The van der Waals surface area contributed by atoms with Crippen LogP contribution in [-0.2, 0) is 21.7 Å². The Hall–Kier alpha value is -14.0. The number of hydrogen-bond donors (Lipinski definition) is 0. The van der Waals surface area contributed by atoms with E-state index in [1.807, 2.05) is 34.8 Å². The molecule has 0 amide bonds. The van der Waals surface area contributed by atoms with Gasteiger partial charge in [0.1, 0.15) is 11.2 Å². The second kappa shape index (κ2) is 29.9. The molecule has 8 heteroatoms. The molecule has 25 aromatic rings. The van der Waals surface area contributed by atoms with Crippen molar-refractivity contribution in [2.45, 2.75) is 105 Å². The van der Waals surface area contributed by atoms with Crippen molar-refractivity contribution in [3.8, 4) is 28.4 Å². The van der Waals surface area contributed by atoms with Crippen molar-refractivity contribution in [2.24, 2.45) is 0 Å². The molecule has 0 saturated heterocycles. The Bertz CT molecular complexity index is 8310. The molecule has 0 aliphatic carbocycles. The highest BCUT2D eigenvalue weighted by atomic mass is 32.1. The second-order valence-electron chi connectivity index (χ2n) is 38.0. The summed E-state index contributed by atoms with van der Waals surface area (Å²) in [7, 11) is 0. The fourth-order valence-corrected chi connectivity index (χ4v) is 21.9. The van der Waals surface area contributed by atoms with Crippen LogP contribution in [0.2, 0.25) is 0 Å². The minimum absolute atomic E-state index is 0.117. The van der Waals surface area contributed by atoms with Crippen molar-refractivity contribution < 1.29 is 4.42 Å². The highest BCUT2D eigenvalue weighted by Crippen LogP contribution is 2.48. The Morgan fingerprint density at radius 2 is 0.484 bits per heavy atom. The summed E-state index contributed by atoms with van der Waals surface area (Å²) >= 11 is 3.79. The van der Waals surface area contributed by atoms with Gasteiger partial charge in [-0.3, -0.25) is 0 Å². The molecular formula is C118H97N5OS2. The van der Waals surface area contributed by atoms with Crippen molar-refractivity contribution in [3.05, 3.63) is 392 Å². The second-order valence-corrected chi connectivity index (χ2v) is 40.1. The fraction of sp³-hybridized carbons (Fsp3) is 0.136. The van der Waals surface area contributed by atoms with Crippen LogP contribution in [0.1, 0.15) is 105 Å². The number of para-hydroxylation sites is 7. The topological polar surface area (TPSA) is 37.8 Å². The van der Waals surface area contributed by atoms with Gasteiger partial charge in [0, 0.05) is 129 Å². The van der Waals surface area contributed by atoms with Crippen molar-refractivity contribution in [3.63, 3.8) is 0 Å². The largest absolute Gasteiger partial charge is 0.456 e. The molecule has 0 radical (unpaired) electrons. The average Bonchev–Trinajstić information content (AvgIpc) is 1.55. The SMILES string of the molecule is CC(C)(C)c1ccc(-n2c3ccccc3c3cc4oc5ccccc5c4cc32)cc1.CC(C)(C)c1ccc(-n2c3ccccc3c3cc4sc5ccccc5c4cc32)cc1.CC(C)(C)c1ccc(-n2c3ccccc3c3ccc4c5ccccc5n(-c5ccccc5)c4c32)cc1.CC(C)(C)c1ccc(-n2c3ccccc3c3ccc4c5ccccc5sc4c32)cc1. The summed E-state index contributed by atoms with van der Waals surface area (Å²) in [5.74, 6) is 0. The number of furan rings is 1. The number of aromatic nitrogens is 5. The van der Waals surface area contributed by atoms with Gasteiger partial charge >= 0.3 is 0 Å². The molecule has 0 atom stereocenters. The molecule has 8 aromatic heterocycles. The third-order valence-corrected chi connectivity index (χ3v) is 28.3. The standard InChI is InChI=1S/C34H28N2.C28H23NO.2C28H23NS/c1-34(2,3)23-17-19-25(20-18-23)36-31-16-10-8-14-27(31)29-22-21-28-26-13-7-9-15-30(26)35(32(28)33(29)36)24-11-5-4-6-12-24;2*1-28(2,3)18-12-14-19(15-13-18)29-24-10-6-4-8-20(24)22-17-27-23(16-25(22)29)21-9-5-7-11-26(21)30-27;1-28(2,3)18-12-14-19(15-13-18)29-24-10-6-4-8-20(24)22-16-17-23-21-9-5-7-11-25(21)30-27(23)26(22)29/h4-22H,1-3H3;3*4-17H,1-3H3. The first kappa shape index (κ1) is 78.0. The van der Waals surface area contributed by atoms with Crippen LogP contribution < -0.4 is 0 Å². The summed E-state index contributed by atoms with van der Waals surface area (Å²) < 4.78 is 23.7. The first-order valence-electron chi connectivity index (χ1n) is 44.0. The third-order valence-electron chi connectivity index (χ3n) is 26.0. The van der Waals surface area contributed by atoms with E-state index in [1.54, 1.807) is 0 Å². The number of rotatable bonds is 5. The van der Waals surface area contributed by atoms with Crippen LogP contribution in [0.3, 0.4) is 0 Å². The predicted octanol–water partition coefficient (Wildman–Crippen LogP) is 34.1. The van der Waals surface area contributed by atoms with Gasteiger partial charge in [0.05, 0.1) is 59.9 Å². The third kappa shape index (κ3) is 13.1. The Balaban J connectivity index is 0.0000000997. The van der Waals surface area contributed by atoms with E-state index in [0.29, 0.717) is 0 Å². The van der Waals surface area contributed by atoms with Gasteiger partial charge in [-0.1, -0.05) is 320 Å². The van der Waals surface area contributed by atoms with Gasteiger partial charge in [-0.2, -0.15) is 0 Å². The minimum atomic E-state index is 0.117. The Morgan fingerprint density at radius 1 is 0.183 bits per heavy atom.